The van der Waals surface area contributed by atoms with Crippen molar-refractivity contribution >= 4 is 40.6 Å². The molecule has 4 heteroatoms. The smallest absolute Gasteiger partial charge is 0.134 e. The van der Waals surface area contributed by atoms with Gasteiger partial charge in [0.15, 0.2) is 0 Å². The number of halogens is 3. The Morgan fingerprint density at radius 2 is 1.53 bits per heavy atom. The van der Waals surface area contributed by atoms with Gasteiger partial charge >= 0.3 is 0 Å². The van der Waals surface area contributed by atoms with Crippen LogP contribution in [0.3, 0.4) is 0 Å². The number of carbonyl (C=O) groups is 1. The van der Waals surface area contributed by atoms with E-state index in [1.54, 1.807) is 19.1 Å². The fourth-order valence-electron chi connectivity index (χ4n) is 1.89. The van der Waals surface area contributed by atoms with Gasteiger partial charge in [0, 0.05) is 17.0 Å². The van der Waals surface area contributed by atoms with Crippen LogP contribution in [0.1, 0.15) is 12.5 Å². The molecule has 19 heavy (non-hydrogen) atoms. The van der Waals surface area contributed by atoms with Crippen molar-refractivity contribution in [1.82, 2.24) is 0 Å². The maximum absolute atomic E-state index is 11.1. The molecule has 0 saturated carbocycles. The summed E-state index contributed by atoms with van der Waals surface area (Å²) in [6.07, 6.45) is 0.433. The second kappa shape index (κ2) is 5.96. The highest BCUT2D eigenvalue weighted by molar-refractivity contribution is 6.41. The van der Waals surface area contributed by atoms with Gasteiger partial charge in [-0.05, 0) is 30.2 Å². The van der Waals surface area contributed by atoms with Crippen molar-refractivity contribution in [3.05, 3.63) is 57.0 Å². The molecule has 0 amide bonds. The number of hydrogen-bond donors (Lipinski definition) is 0. The SMILES string of the molecule is CC(=O)Cc1ccc(-c2c(Cl)cc(Cl)cc2Cl)cc1. The number of ketones is 1. The minimum absolute atomic E-state index is 0.135. The van der Waals surface area contributed by atoms with Crippen molar-refractivity contribution in [2.24, 2.45) is 0 Å². The van der Waals surface area contributed by atoms with E-state index in [4.69, 9.17) is 34.8 Å². The van der Waals surface area contributed by atoms with Gasteiger partial charge in [0.05, 0.1) is 10.0 Å². The van der Waals surface area contributed by atoms with E-state index in [1.165, 1.54) is 0 Å². The Morgan fingerprint density at radius 3 is 2.00 bits per heavy atom. The largest absolute Gasteiger partial charge is 0.300 e. The summed E-state index contributed by atoms with van der Waals surface area (Å²) >= 11 is 18.2. The molecule has 0 fully saturated rings. The molecule has 0 bridgehead atoms. The van der Waals surface area contributed by atoms with Crippen LogP contribution in [-0.2, 0) is 11.2 Å². The van der Waals surface area contributed by atoms with E-state index in [9.17, 15) is 4.79 Å². The lowest BCUT2D eigenvalue weighted by atomic mass is 10.0. The summed E-state index contributed by atoms with van der Waals surface area (Å²) in [5.41, 5.74) is 2.62. The highest BCUT2D eigenvalue weighted by Gasteiger charge is 2.10. The van der Waals surface area contributed by atoms with Crippen LogP contribution in [0.15, 0.2) is 36.4 Å². The maximum atomic E-state index is 11.1. The molecule has 0 aliphatic heterocycles. The summed E-state index contributed by atoms with van der Waals surface area (Å²) in [5.74, 6) is 0.135. The molecule has 0 N–H and O–H groups in total. The van der Waals surface area contributed by atoms with Crippen LogP contribution < -0.4 is 0 Å². The van der Waals surface area contributed by atoms with Crippen LogP contribution >= 0.6 is 34.8 Å². The Morgan fingerprint density at radius 1 is 1.00 bits per heavy atom. The number of hydrogen-bond acceptors (Lipinski definition) is 1. The molecule has 0 unspecified atom stereocenters. The first-order valence-electron chi connectivity index (χ1n) is 5.70. The molecule has 0 aromatic heterocycles. The normalized spacial score (nSPS) is 10.5. The first-order chi connectivity index (χ1) is 8.97. The van der Waals surface area contributed by atoms with Gasteiger partial charge in [-0.25, -0.2) is 0 Å². The van der Waals surface area contributed by atoms with Gasteiger partial charge in [0.2, 0.25) is 0 Å². The fourth-order valence-corrected chi connectivity index (χ4v) is 2.93. The molecular weight excluding hydrogens is 303 g/mol. The summed E-state index contributed by atoms with van der Waals surface area (Å²) < 4.78 is 0. The third kappa shape index (κ3) is 3.50. The lowest BCUT2D eigenvalue weighted by Gasteiger charge is -2.09. The molecule has 0 aliphatic rings. The number of rotatable bonds is 3. The number of benzene rings is 2. The second-order valence-electron chi connectivity index (χ2n) is 4.32. The van der Waals surface area contributed by atoms with Crippen LogP contribution in [0.2, 0.25) is 15.1 Å². The minimum Gasteiger partial charge on any atom is -0.300 e. The van der Waals surface area contributed by atoms with Crippen molar-refractivity contribution in [3.63, 3.8) is 0 Å². The van der Waals surface area contributed by atoms with E-state index in [0.717, 1.165) is 16.7 Å². The van der Waals surface area contributed by atoms with Crippen molar-refractivity contribution in [1.29, 1.82) is 0 Å². The third-order valence-electron chi connectivity index (χ3n) is 2.70. The molecular formula is C15H11Cl3O. The van der Waals surface area contributed by atoms with E-state index < -0.39 is 0 Å². The predicted molar refractivity (Wildman–Crippen MR) is 81.3 cm³/mol. The van der Waals surface area contributed by atoms with E-state index in [2.05, 4.69) is 0 Å². The zero-order chi connectivity index (χ0) is 14.0. The van der Waals surface area contributed by atoms with Gasteiger partial charge in [-0.3, -0.25) is 4.79 Å². The van der Waals surface area contributed by atoms with E-state index >= 15 is 0 Å². The van der Waals surface area contributed by atoms with Crippen LogP contribution in [0.5, 0.6) is 0 Å². The fraction of sp³-hybridized carbons (Fsp3) is 0.133. The average Bonchev–Trinajstić information content (AvgIpc) is 2.29. The summed E-state index contributed by atoms with van der Waals surface area (Å²) in [7, 11) is 0. The molecule has 0 spiro atoms. The molecule has 2 aromatic rings. The van der Waals surface area contributed by atoms with Gasteiger partial charge in [-0.15, -0.1) is 0 Å². The van der Waals surface area contributed by atoms with Gasteiger partial charge in [-0.1, -0.05) is 59.1 Å². The Kier molecular flexibility index (Phi) is 4.51. The van der Waals surface area contributed by atoms with Crippen LogP contribution in [0, 0.1) is 0 Å². The summed E-state index contributed by atoms with van der Waals surface area (Å²) in [4.78, 5) is 11.1. The standard InChI is InChI=1S/C15H11Cl3O/c1-9(19)6-10-2-4-11(5-3-10)15-13(17)7-12(16)8-14(15)18/h2-5,7-8H,6H2,1H3. The molecule has 1 nitrogen and oxygen atoms in total. The quantitative estimate of drug-likeness (QED) is 0.737. The monoisotopic (exact) mass is 312 g/mol. The molecule has 0 saturated heterocycles. The third-order valence-corrected chi connectivity index (χ3v) is 3.52. The van der Waals surface area contributed by atoms with Crippen LogP contribution in [0.4, 0.5) is 0 Å². The summed E-state index contributed by atoms with van der Waals surface area (Å²) in [5, 5.41) is 1.53. The topological polar surface area (TPSA) is 17.1 Å². The van der Waals surface area contributed by atoms with E-state index in [1.807, 2.05) is 24.3 Å². The molecule has 2 aromatic carbocycles. The van der Waals surface area contributed by atoms with Crippen molar-refractivity contribution < 1.29 is 4.79 Å². The molecule has 0 aliphatic carbocycles. The van der Waals surface area contributed by atoms with Crippen molar-refractivity contribution in [2.45, 2.75) is 13.3 Å². The zero-order valence-corrected chi connectivity index (χ0v) is 12.5. The Bertz CT molecular complexity index is 595. The van der Waals surface area contributed by atoms with Crippen molar-refractivity contribution in [3.8, 4) is 11.1 Å². The average molecular weight is 314 g/mol. The first kappa shape index (κ1) is 14.4. The molecule has 0 heterocycles. The maximum Gasteiger partial charge on any atom is 0.134 e. The Balaban J connectivity index is 2.40. The van der Waals surface area contributed by atoms with E-state index in [0.29, 0.717) is 21.5 Å². The molecule has 0 atom stereocenters. The van der Waals surface area contributed by atoms with Crippen LogP contribution in [-0.4, -0.2) is 5.78 Å². The number of carbonyl (C=O) groups excluding carboxylic acids is 1. The zero-order valence-electron chi connectivity index (χ0n) is 10.2. The summed E-state index contributed by atoms with van der Waals surface area (Å²) in [6.45, 7) is 1.57. The molecule has 2 rings (SSSR count). The highest BCUT2D eigenvalue weighted by Crippen LogP contribution is 2.37. The highest BCUT2D eigenvalue weighted by atomic mass is 35.5. The first-order valence-corrected chi connectivity index (χ1v) is 6.84. The second-order valence-corrected chi connectivity index (χ2v) is 5.57. The van der Waals surface area contributed by atoms with Gasteiger partial charge in [0.25, 0.3) is 0 Å². The van der Waals surface area contributed by atoms with E-state index in [-0.39, 0.29) is 5.78 Å². The predicted octanol–water partition coefficient (Wildman–Crippen LogP) is 5.45. The summed E-state index contributed by atoms with van der Waals surface area (Å²) in [6, 6.07) is 10.9. The number of Topliss-reactive ketones (excluding diaryl/α,β-unsaturated/α-hetero) is 1. The van der Waals surface area contributed by atoms with Crippen LogP contribution in [0.25, 0.3) is 11.1 Å². The Labute approximate surface area is 127 Å². The minimum atomic E-state index is 0.135. The van der Waals surface area contributed by atoms with Gasteiger partial charge in [-0.2, -0.15) is 0 Å². The lowest BCUT2D eigenvalue weighted by Crippen LogP contribution is -1.95. The van der Waals surface area contributed by atoms with Gasteiger partial charge in [0.1, 0.15) is 5.78 Å². The lowest BCUT2D eigenvalue weighted by molar-refractivity contribution is -0.116. The Hall–Kier alpha value is -1.02. The van der Waals surface area contributed by atoms with Gasteiger partial charge < -0.3 is 0 Å². The molecule has 0 radical (unpaired) electrons. The van der Waals surface area contributed by atoms with Crippen molar-refractivity contribution in [2.75, 3.05) is 0 Å². The molecule has 98 valence electrons.